The topological polar surface area (TPSA) is 38.7 Å². The number of benzene rings is 7. The lowest BCUT2D eigenvalue weighted by molar-refractivity contribution is 0.660. The molecule has 1 heterocycles. The lowest BCUT2D eigenvalue weighted by atomic mass is 9.81. The maximum Gasteiger partial charge on any atom is 0.164 e. The number of hydrogen-bond donors (Lipinski definition) is 0. The Hall–Kier alpha value is -6.45. The largest absolute Gasteiger partial charge is 0.208 e. The van der Waals surface area contributed by atoms with Crippen LogP contribution in [-0.4, -0.2) is 15.0 Å². The third kappa shape index (κ3) is 5.63. The van der Waals surface area contributed by atoms with Crippen molar-refractivity contribution in [2.75, 3.05) is 0 Å². The molecule has 3 nitrogen and oxygen atoms in total. The minimum absolute atomic E-state index is 0.0648. The van der Waals surface area contributed by atoms with Crippen molar-refractivity contribution in [3.05, 3.63) is 187 Å². The molecule has 51 heavy (non-hydrogen) atoms. The second-order valence-corrected chi connectivity index (χ2v) is 13.7. The van der Waals surface area contributed by atoms with Crippen LogP contribution in [0.2, 0.25) is 0 Å². The Bertz CT molecular complexity index is 2550. The van der Waals surface area contributed by atoms with E-state index in [4.69, 9.17) is 15.0 Å². The van der Waals surface area contributed by atoms with Crippen LogP contribution < -0.4 is 0 Å². The summed E-state index contributed by atoms with van der Waals surface area (Å²) in [7, 11) is 0. The molecule has 1 aliphatic carbocycles. The third-order valence-electron chi connectivity index (χ3n) is 10.1. The first-order valence-corrected chi connectivity index (χ1v) is 17.4. The molecule has 1 aliphatic rings. The van der Waals surface area contributed by atoms with Crippen LogP contribution in [-0.2, 0) is 5.41 Å². The fourth-order valence-electron chi connectivity index (χ4n) is 7.42. The molecule has 7 aromatic carbocycles. The van der Waals surface area contributed by atoms with E-state index in [1.54, 1.807) is 0 Å². The molecule has 0 atom stereocenters. The van der Waals surface area contributed by atoms with Gasteiger partial charge in [0.15, 0.2) is 17.5 Å². The Morgan fingerprint density at radius 3 is 1.27 bits per heavy atom. The van der Waals surface area contributed by atoms with Crippen LogP contribution in [0.25, 0.3) is 78.7 Å². The van der Waals surface area contributed by atoms with E-state index in [2.05, 4.69) is 166 Å². The van der Waals surface area contributed by atoms with Crippen molar-refractivity contribution in [2.24, 2.45) is 0 Å². The van der Waals surface area contributed by atoms with Crippen LogP contribution in [0.5, 0.6) is 0 Å². The second kappa shape index (κ2) is 12.5. The average Bonchev–Trinajstić information content (AvgIpc) is 3.44. The molecule has 0 saturated carbocycles. The molecule has 0 saturated heterocycles. The molecule has 0 radical (unpaired) electrons. The number of fused-ring (bicyclic) bond motifs is 3. The minimum Gasteiger partial charge on any atom is -0.208 e. The van der Waals surface area contributed by atoms with Gasteiger partial charge in [0, 0.05) is 22.1 Å². The van der Waals surface area contributed by atoms with Gasteiger partial charge in [-0.25, -0.2) is 15.0 Å². The van der Waals surface area contributed by atoms with E-state index in [9.17, 15) is 0 Å². The van der Waals surface area contributed by atoms with Crippen molar-refractivity contribution >= 4 is 0 Å². The Balaban J connectivity index is 1.12. The van der Waals surface area contributed by atoms with E-state index in [0.29, 0.717) is 17.5 Å². The second-order valence-electron chi connectivity index (χ2n) is 13.7. The lowest BCUT2D eigenvalue weighted by Gasteiger charge is -2.22. The molecule has 3 heteroatoms. The summed E-state index contributed by atoms with van der Waals surface area (Å²) in [6.07, 6.45) is 0. The smallest absolute Gasteiger partial charge is 0.164 e. The highest BCUT2D eigenvalue weighted by Gasteiger charge is 2.35. The summed E-state index contributed by atoms with van der Waals surface area (Å²) in [5.41, 5.74) is 15.1. The van der Waals surface area contributed by atoms with Gasteiger partial charge in [-0.3, -0.25) is 0 Å². The molecule has 0 spiro atoms. The fraction of sp³-hybridized carbons (Fsp3) is 0.0625. The molecule has 1 aromatic heterocycles. The fourth-order valence-corrected chi connectivity index (χ4v) is 7.42. The Morgan fingerprint density at radius 1 is 0.294 bits per heavy atom. The summed E-state index contributed by atoms with van der Waals surface area (Å²) < 4.78 is 0. The predicted octanol–water partition coefficient (Wildman–Crippen LogP) is 12.2. The predicted molar refractivity (Wildman–Crippen MR) is 210 cm³/mol. The maximum absolute atomic E-state index is 5.12. The number of aromatic nitrogens is 3. The molecule has 0 fully saturated rings. The van der Waals surface area contributed by atoms with Crippen LogP contribution in [0.3, 0.4) is 0 Å². The van der Waals surface area contributed by atoms with E-state index >= 15 is 0 Å². The van der Waals surface area contributed by atoms with Gasteiger partial charge in [0.25, 0.3) is 0 Å². The first-order valence-electron chi connectivity index (χ1n) is 17.4. The van der Waals surface area contributed by atoms with Gasteiger partial charge in [0.2, 0.25) is 0 Å². The normalized spacial score (nSPS) is 12.7. The summed E-state index contributed by atoms with van der Waals surface area (Å²) in [6.45, 7) is 4.65. The van der Waals surface area contributed by atoms with E-state index in [1.165, 1.54) is 38.9 Å². The Labute approximate surface area is 299 Å². The van der Waals surface area contributed by atoms with Crippen LogP contribution in [0.4, 0.5) is 0 Å². The van der Waals surface area contributed by atoms with Crippen molar-refractivity contribution in [3.8, 4) is 78.7 Å². The van der Waals surface area contributed by atoms with Gasteiger partial charge >= 0.3 is 0 Å². The molecule has 0 amide bonds. The molecule has 8 aromatic rings. The molecule has 9 rings (SSSR count). The maximum atomic E-state index is 5.12. The summed E-state index contributed by atoms with van der Waals surface area (Å²) in [5, 5.41) is 0. The van der Waals surface area contributed by atoms with E-state index < -0.39 is 0 Å². The van der Waals surface area contributed by atoms with E-state index in [-0.39, 0.29) is 5.41 Å². The van der Waals surface area contributed by atoms with Gasteiger partial charge < -0.3 is 0 Å². The Kier molecular flexibility index (Phi) is 7.48. The van der Waals surface area contributed by atoms with Crippen LogP contribution in [0.15, 0.2) is 176 Å². The first kappa shape index (κ1) is 30.6. The third-order valence-corrected chi connectivity index (χ3v) is 10.1. The van der Waals surface area contributed by atoms with E-state index in [0.717, 1.165) is 33.4 Å². The Morgan fingerprint density at radius 2 is 0.686 bits per heavy atom. The highest BCUT2D eigenvalue weighted by molar-refractivity contribution is 5.84. The highest BCUT2D eigenvalue weighted by Crippen LogP contribution is 2.49. The average molecular weight is 654 g/mol. The molecule has 0 unspecified atom stereocenters. The standard InChI is InChI=1S/C48H35N3/c1-48(2)43-25-10-9-24-41(43)42-27-26-38(31-44(42)48)37-21-13-23-40(30-37)47-50-45(33-16-7-4-8-17-33)49-46(51-47)39-22-12-20-36(29-39)35-19-11-18-34(28-35)32-14-5-3-6-15-32/h3-31H,1-2H3. The van der Waals surface area contributed by atoms with Gasteiger partial charge in [0.05, 0.1) is 0 Å². The van der Waals surface area contributed by atoms with Crippen molar-refractivity contribution in [1.82, 2.24) is 15.0 Å². The highest BCUT2D eigenvalue weighted by atomic mass is 15.0. The van der Waals surface area contributed by atoms with Gasteiger partial charge in [-0.1, -0.05) is 166 Å². The van der Waals surface area contributed by atoms with Crippen molar-refractivity contribution < 1.29 is 0 Å². The first-order chi connectivity index (χ1) is 25.0. The van der Waals surface area contributed by atoms with Crippen molar-refractivity contribution in [1.29, 1.82) is 0 Å². The summed E-state index contributed by atoms with van der Waals surface area (Å²) in [5.74, 6) is 1.93. The summed E-state index contributed by atoms with van der Waals surface area (Å²) >= 11 is 0. The zero-order valence-electron chi connectivity index (χ0n) is 28.6. The number of rotatable bonds is 6. The quantitative estimate of drug-likeness (QED) is 0.179. The van der Waals surface area contributed by atoms with Gasteiger partial charge in [-0.15, -0.1) is 0 Å². The summed E-state index contributed by atoms with van der Waals surface area (Å²) in [6, 6.07) is 62.0. The SMILES string of the molecule is CC1(C)c2ccccc2-c2ccc(-c3cccc(-c4nc(-c5ccccc5)nc(-c5cccc(-c6cccc(-c7ccccc7)c6)c5)n4)c3)cc21. The van der Waals surface area contributed by atoms with Gasteiger partial charge in [-0.05, 0) is 79.9 Å². The van der Waals surface area contributed by atoms with Crippen LogP contribution in [0, 0.1) is 0 Å². The van der Waals surface area contributed by atoms with Crippen molar-refractivity contribution in [2.45, 2.75) is 19.3 Å². The molecule has 0 N–H and O–H groups in total. The number of hydrogen-bond acceptors (Lipinski definition) is 3. The minimum atomic E-state index is -0.0648. The van der Waals surface area contributed by atoms with Crippen molar-refractivity contribution in [3.63, 3.8) is 0 Å². The number of nitrogens with zero attached hydrogens (tertiary/aromatic N) is 3. The molecular formula is C48H35N3. The zero-order valence-corrected chi connectivity index (χ0v) is 28.6. The van der Waals surface area contributed by atoms with Crippen LogP contribution in [0.1, 0.15) is 25.0 Å². The van der Waals surface area contributed by atoms with Gasteiger partial charge in [-0.2, -0.15) is 0 Å². The summed E-state index contributed by atoms with van der Waals surface area (Å²) in [4.78, 5) is 15.2. The molecule has 0 bridgehead atoms. The lowest BCUT2D eigenvalue weighted by Crippen LogP contribution is -2.14. The zero-order chi connectivity index (χ0) is 34.4. The molecule has 0 aliphatic heterocycles. The van der Waals surface area contributed by atoms with Crippen LogP contribution >= 0.6 is 0 Å². The van der Waals surface area contributed by atoms with Gasteiger partial charge in [0.1, 0.15) is 0 Å². The van der Waals surface area contributed by atoms with E-state index in [1.807, 2.05) is 24.3 Å². The molecule has 242 valence electrons. The monoisotopic (exact) mass is 653 g/mol. The molecular weight excluding hydrogens is 619 g/mol.